The molecule has 2 unspecified atom stereocenters. The number of methoxy groups -OCH3 is 1. The van der Waals surface area contributed by atoms with Gasteiger partial charge in [0.05, 0.1) is 19.1 Å². The smallest absolute Gasteiger partial charge is 0.228 e. The molecule has 0 spiro atoms. The van der Waals surface area contributed by atoms with E-state index >= 15 is 0 Å². The third-order valence-electron chi connectivity index (χ3n) is 5.56. The van der Waals surface area contributed by atoms with Gasteiger partial charge in [-0.2, -0.15) is 0 Å². The van der Waals surface area contributed by atoms with Crippen LogP contribution in [0.4, 0.5) is 0 Å². The summed E-state index contributed by atoms with van der Waals surface area (Å²) in [5, 5.41) is 0. The summed E-state index contributed by atoms with van der Waals surface area (Å²) in [6.07, 6.45) is 4.72. The van der Waals surface area contributed by atoms with E-state index in [0.29, 0.717) is 18.9 Å². The normalized spacial score (nSPS) is 22.6. The van der Waals surface area contributed by atoms with Crippen LogP contribution in [0.15, 0.2) is 24.3 Å². The van der Waals surface area contributed by atoms with Gasteiger partial charge < -0.3 is 14.5 Å². The summed E-state index contributed by atoms with van der Waals surface area (Å²) in [6.45, 7) is 3.64. The second-order valence-electron chi connectivity index (χ2n) is 7.63. The standard InChI is InChI=1S/C21H30N2O3/c1-4-5-12-23-19(24)13-18(21(25)22(2)14-15-6-7-15)20(23)16-8-10-17(26-3)11-9-16/h8-11,15,18,20H,4-7,12-14H2,1-3H3. The molecule has 2 aliphatic rings. The van der Waals surface area contributed by atoms with E-state index in [1.54, 1.807) is 7.11 Å². The third kappa shape index (κ3) is 4.02. The number of amides is 2. The Hall–Kier alpha value is -2.04. The molecular formula is C21H30N2O3. The molecule has 5 nitrogen and oxygen atoms in total. The van der Waals surface area contributed by atoms with Gasteiger partial charge in [-0.1, -0.05) is 25.5 Å². The maximum Gasteiger partial charge on any atom is 0.228 e. The first-order chi connectivity index (χ1) is 12.5. The Bertz CT molecular complexity index is 639. The van der Waals surface area contributed by atoms with E-state index in [0.717, 1.165) is 30.7 Å². The summed E-state index contributed by atoms with van der Waals surface area (Å²) >= 11 is 0. The number of hydrogen-bond donors (Lipinski definition) is 0. The number of unbranched alkanes of at least 4 members (excludes halogenated alkanes) is 1. The second kappa shape index (κ2) is 8.11. The van der Waals surface area contributed by atoms with Crippen LogP contribution < -0.4 is 4.74 Å². The van der Waals surface area contributed by atoms with Gasteiger partial charge in [-0.25, -0.2) is 0 Å². The minimum atomic E-state index is -0.295. The molecule has 1 heterocycles. The summed E-state index contributed by atoms with van der Waals surface area (Å²) in [5.74, 6) is 1.34. The first-order valence-electron chi connectivity index (χ1n) is 9.73. The second-order valence-corrected chi connectivity index (χ2v) is 7.63. The maximum atomic E-state index is 13.1. The number of carbonyl (C=O) groups excluding carboxylic acids is 2. The zero-order chi connectivity index (χ0) is 18.7. The Kier molecular flexibility index (Phi) is 5.84. The van der Waals surface area contributed by atoms with Gasteiger partial charge in [-0.15, -0.1) is 0 Å². The topological polar surface area (TPSA) is 49.9 Å². The molecule has 0 radical (unpaired) electrons. The highest BCUT2D eigenvalue weighted by molar-refractivity contribution is 5.90. The van der Waals surface area contributed by atoms with Crippen LogP contribution in [0.5, 0.6) is 5.75 Å². The van der Waals surface area contributed by atoms with Crippen molar-refractivity contribution >= 4 is 11.8 Å². The molecule has 3 rings (SSSR count). The molecule has 1 aromatic rings. The van der Waals surface area contributed by atoms with E-state index in [2.05, 4.69) is 6.92 Å². The highest BCUT2D eigenvalue weighted by Crippen LogP contribution is 2.40. The lowest BCUT2D eigenvalue weighted by molar-refractivity contribution is -0.135. The fourth-order valence-corrected chi connectivity index (χ4v) is 3.88. The third-order valence-corrected chi connectivity index (χ3v) is 5.56. The van der Waals surface area contributed by atoms with E-state index in [-0.39, 0.29) is 23.8 Å². The average molecular weight is 358 g/mol. The van der Waals surface area contributed by atoms with E-state index in [9.17, 15) is 9.59 Å². The summed E-state index contributed by atoms with van der Waals surface area (Å²) in [4.78, 5) is 29.6. The maximum absolute atomic E-state index is 13.1. The first kappa shape index (κ1) is 18.7. The van der Waals surface area contributed by atoms with Crippen LogP contribution in [-0.2, 0) is 9.59 Å². The zero-order valence-electron chi connectivity index (χ0n) is 16.1. The lowest BCUT2D eigenvalue weighted by Crippen LogP contribution is -2.38. The molecule has 1 aliphatic heterocycles. The molecule has 0 N–H and O–H groups in total. The minimum Gasteiger partial charge on any atom is -0.497 e. The van der Waals surface area contributed by atoms with Crippen LogP contribution in [0.1, 0.15) is 50.6 Å². The van der Waals surface area contributed by atoms with Crippen LogP contribution in [0.2, 0.25) is 0 Å². The van der Waals surface area contributed by atoms with Crippen molar-refractivity contribution in [3.8, 4) is 5.75 Å². The van der Waals surface area contributed by atoms with Crippen LogP contribution >= 0.6 is 0 Å². The molecule has 2 amide bonds. The van der Waals surface area contributed by atoms with Crippen molar-refractivity contribution < 1.29 is 14.3 Å². The van der Waals surface area contributed by atoms with Crippen LogP contribution in [0.3, 0.4) is 0 Å². The predicted molar refractivity (Wildman–Crippen MR) is 101 cm³/mol. The minimum absolute atomic E-state index is 0.0949. The largest absolute Gasteiger partial charge is 0.497 e. The van der Waals surface area contributed by atoms with Crippen molar-refractivity contribution in [2.45, 2.75) is 45.1 Å². The Labute approximate surface area is 156 Å². The highest BCUT2D eigenvalue weighted by atomic mass is 16.5. The monoisotopic (exact) mass is 358 g/mol. The van der Waals surface area contributed by atoms with Crippen molar-refractivity contribution in [2.75, 3.05) is 27.2 Å². The van der Waals surface area contributed by atoms with Gasteiger partial charge >= 0.3 is 0 Å². The molecule has 0 aromatic heterocycles. The van der Waals surface area contributed by atoms with Crippen LogP contribution in [0, 0.1) is 11.8 Å². The molecule has 0 bridgehead atoms. The molecule has 1 aromatic carbocycles. The number of benzene rings is 1. The van der Waals surface area contributed by atoms with Gasteiger partial charge in [0.2, 0.25) is 11.8 Å². The van der Waals surface area contributed by atoms with Crippen molar-refractivity contribution in [1.82, 2.24) is 9.80 Å². The lowest BCUT2D eigenvalue weighted by atomic mass is 9.92. The van der Waals surface area contributed by atoms with Crippen molar-refractivity contribution in [3.05, 3.63) is 29.8 Å². The highest BCUT2D eigenvalue weighted by Gasteiger charge is 2.45. The number of likely N-dealkylation sites (tertiary alicyclic amines) is 1. The molecule has 5 heteroatoms. The van der Waals surface area contributed by atoms with Crippen LogP contribution in [-0.4, -0.2) is 48.9 Å². The van der Waals surface area contributed by atoms with Gasteiger partial charge in [0.1, 0.15) is 5.75 Å². The van der Waals surface area contributed by atoms with E-state index in [1.165, 1.54) is 12.8 Å². The summed E-state index contributed by atoms with van der Waals surface area (Å²) in [7, 11) is 3.52. The van der Waals surface area contributed by atoms with Crippen LogP contribution in [0.25, 0.3) is 0 Å². The number of nitrogens with zero attached hydrogens (tertiary/aromatic N) is 2. The number of rotatable bonds is 8. The fourth-order valence-electron chi connectivity index (χ4n) is 3.88. The quantitative estimate of drug-likeness (QED) is 0.717. The van der Waals surface area contributed by atoms with E-state index in [1.807, 2.05) is 41.1 Å². The molecular weight excluding hydrogens is 328 g/mol. The molecule has 1 saturated heterocycles. The predicted octanol–water partition coefficient (Wildman–Crippen LogP) is 3.25. The van der Waals surface area contributed by atoms with Crippen molar-refractivity contribution in [1.29, 1.82) is 0 Å². The first-order valence-corrected chi connectivity index (χ1v) is 9.73. The lowest BCUT2D eigenvalue weighted by Gasteiger charge is -2.30. The number of hydrogen-bond acceptors (Lipinski definition) is 3. The number of ether oxygens (including phenoxy) is 1. The SMILES string of the molecule is CCCCN1C(=O)CC(C(=O)N(C)CC2CC2)C1c1ccc(OC)cc1. The Balaban J connectivity index is 1.84. The summed E-state index contributed by atoms with van der Waals surface area (Å²) in [5.41, 5.74) is 1.02. The van der Waals surface area contributed by atoms with Gasteiger partial charge in [0, 0.05) is 26.6 Å². The Morgan fingerprint density at radius 3 is 2.54 bits per heavy atom. The summed E-state index contributed by atoms with van der Waals surface area (Å²) < 4.78 is 5.25. The van der Waals surface area contributed by atoms with E-state index < -0.39 is 0 Å². The number of carbonyl (C=O) groups is 2. The summed E-state index contributed by atoms with van der Waals surface area (Å²) in [6, 6.07) is 7.62. The van der Waals surface area contributed by atoms with Crippen molar-refractivity contribution in [3.63, 3.8) is 0 Å². The molecule has 2 fully saturated rings. The fraction of sp³-hybridized carbons (Fsp3) is 0.619. The van der Waals surface area contributed by atoms with Gasteiger partial charge in [0.25, 0.3) is 0 Å². The van der Waals surface area contributed by atoms with Gasteiger partial charge in [0.15, 0.2) is 0 Å². The molecule has 2 atom stereocenters. The molecule has 1 saturated carbocycles. The average Bonchev–Trinajstić information content (AvgIpc) is 3.41. The van der Waals surface area contributed by atoms with Crippen molar-refractivity contribution in [2.24, 2.45) is 11.8 Å². The Morgan fingerprint density at radius 1 is 1.27 bits per heavy atom. The molecule has 1 aliphatic carbocycles. The zero-order valence-corrected chi connectivity index (χ0v) is 16.1. The molecule has 142 valence electrons. The van der Waals surface area contributed by atoms with Gasteiger partial charge in [-0.05, 0) is 42.9 Å². The van der Waals surface area contributed by atoms with E-state index in [4.69, 9.17) is 4.74 Å². The molecule has 26 heavy (non-hydrogen) atoms. The Morgan fingerprint density at radius 2 is 1.96 bits per heavy atom. The van der Waals surface area contributed by atoms with Gasteiger partial charge in [-0.3, -0.25) is 9.59 Å².